The molecule has 148 valence electrons. The van der Waals surface area contributed by atoms with Crippen LogP contribution in [0.4, 0.5) is 5.82 Å². The third-order valence-corrected chi connectivity index (χ3v) is 6.55. The number of rotatable bonds is 4. The number of aromatic nitrogens is 2. The van der Waals surface area contributed by atoms with Crippen LogP contribution >= 0.6 is 11.5 Å². The molecule has 5 rings (SSSR count). The van der Waals surface area contributed by atoms with Crippen molar-refractivity contribution in [2.75, 3.05) is 31.1 Å². The molecule has 4 aromatic rings. The van der Waals surface area contributed by atoms with Crippen molar-refractivity contribution in [3.05, 3.63) is 59.8 Å². The summed E-state index contributed by atoms with van der Waals surface area (Å²) in [7, 11) is 0. The van der Waals surface area contributed by atoms with Gasteiger partial charge in [0.1, 0.15) is 11.9 Å². The molecule has 1 fully saturated rings. The minimum absolute atomic E-state index is 0.653. The molecule has 0 amide bonds. The summed E-state index contributed by atoms with van der Waals surface area (Å²) in [6, 6.07) is 13.7. The van der Waals surface area contributed by atoms with Gasteiger partial charge in [0.25, 0.3) is 0 Å². The number of nitrogens with one attached hydrogen (secondary N) is 1. The minimum atomic E-state index is -0.806. The number of fused-ring (bicyclic) bond motifs is 2. The standard InChI is InChI=1S/C22H22N4O2S/c1-14-6-7-18-16(12-14)17(13-23-18)20(22(27)28)25-8-10-26(11-9-25)21-15-4-2-3-5-19(15)29-24-21/h2-7,12-13,20,23H,8-11H2,1H3,(H,27,28)/t20-/m1/s1. The summed E-state index contributed by atoms with van der Waals surface area (Å²) in [5.41, 5.74) is 2.94. The number of nitrogens with zero attached hydrogens (tertiary/aromatic N) is 3. The van der Waals surface area contributed by atoms with E-state index in [1.165, 1.54) is 21.6 Å². The van der Waals surface area contributed by atoms with Gasteiger partial charge in [0.15, 0.2) is 0 Å². The van der Waals surface area contributed by atoms with Gasteiger partial charge in [0.2, 0.25) is 0 Å². The lowest BCUT2D eigenvalue weighted by Gasteiger charge is -2.38. The monoisotopic (exact) mass is 406 g/mol. The van der Waals surface area contributed by atoms with Gasteiger partial charge >= 0.3 is 5.97 Å². The molecule has 1 aliphatic heterocycles. The molecular weight excluding hydrogens is 384 g/mol. The van der Waals surface area contributed by atoms with Crippen LogP contribution in [0, 0.1) is 6.92 Å². The van der Waals surface area contributed by atoms with Crippen molar-refractivity contribution in [3.8, 4) is 0 Å². The zero-order valence-corrected chi connectivity index (χ0v) is 16.9. The van der Waals surface area contributed by atoms with Crippen LogP contribution in [0.5, 0.6) is 0 Å². The average Bonchev–Trinajstić information content (AvgIpc) is 3.33. The van der Waals surface area contributed by atoms with Crippen LogP contribution in [0.2, 0.25) is 0 Å². The summed E-state index contributed by atoms with van der Waals surface area (Å²) >= 11 is 1.52. The van der Waals surface area contributed by atoms with Gasteiger partial charge in [0.05, 0.1) is 4.70 Å². The Balaban J connectivity index is 1.40. The van der Waals surface area contributed by atoms with Gasteiger partial charge in [-0.1, -0.05) is 23.8 Å². The number of anilines is 1. The van der Waals surface area contributed by atoms with E-state index < -0.39 is 12.0 Å². The summed E-state index contributed by atoms with van der Waals surface area (Å²) in [6.45, 7) is 4.92. The van der Waals surface area contributed by atoms with Crippen molar-refractivity contribution in [2.45, 2.75) is 13.0 Å². The molecule has 1 aliphatic rings. The maximum atomic E-state index is 12.2. The molecule has 0 unspecified atom stereocenters. The van der Waals surface area contributed by atoms with Crippen molar-refractivity contribution >= 4 is 44.3 Å². The van der Waals surface area contributed by atoms with E-state index in [1.807, 2.05) is 37.4 Å². The number of piperazine rings is 1. The number of aliphatic carboxylic acids is 1. The van der Waals surface area contributed by atoms with Crippen LogP contribution in [-0.4, -0.2) is 51.5 Å². The Labute approximate surface area is 172 Å². The summed E-state index contributed by atoms with van der Waals surface area (Å²) in [5, 5.41) is 12.2. The number of H-pyrrole nitrogens is 1. The molecular formula is C22H22N4O2S. The summed E-state index contributed by atoms with van der Waals surface area (Å²) in [5.74, 6) is 0.208. The van der Waals surface area contributed by atoms with Crippen LogP contribution in [0.25, 0.3) is 21.0 Å². The predicted molar refractivity (Wildman–Crippen MR) is 117 cm³/mol. The number of aromatic amines is 1. The van der Waals surface area contributed by atoms with E-state index in [2.05, 4.69) is 37.4 Å². The van der Waals surface area contributed by atoms with E-state index in [0.29, 0.717) is 13.1 Å². The summed E-state index contributed by atoms with van der Waals surface area (Å²) in [4.78, 5) is 19.8. The van der Waals surface area contributed by atoms with E-state index >= 15 is 0 Å². The zero-order chi connectivity index (χ0) is 20.0. The van der Waals surface area contributed by atoms with Crippen LogP contribution in [0.15, 0.2) is 48.7 Å². The SMILES string of the molecule is Cc1ccc2[nH]cc([C@H](C(=O)O)N3CCN(c4nsc5ccccc45)CC3)c2c1. The Morgan fingerprint density at radius 2 is 1.93 bits per heavy atom. The zero-order valence-electron chi connectivity index (χ0n) is 16.1. The molecule has 2 aromatic carbocycles. The van der Waals surface area contributed by atoms with Gasteiger partial charge in [-0.25, -0.2) is 0 Å². The largest absolute Gasteiger partial charge is 0.480 e. The molecule has 2 aromatic heterocycles. The molecule has 0 bridgehead atoms. The quantitative estimate of drug-likeness (QED) is 0.535. The molecule has 1 atom stereocenters. The highest BCUT2D eigenvalue weighted by Crippen LogP contribution is 2.33. The smallest absolute Gasteiger partial charge is 0.325 e. The number of carboxylic acid groups (broad SMARTS) is 1. The van der Waals surface area contributed by atoms with Gasteiger partial charge in [-0.05, 0) is 42.7 Å². The van der Waals surface area contributed by atoms with Crippen LogP contribution in [0.1, 0.15) is 17.2 Å². The Kier molecular flexibility index (Phi) is 4.49. The van der Waals surface area contributed by atoms with E-state index in [1.54, 1.807) is 0 Å². The van der Waals surface area contributed by atoms with Crippen molar-refractivity contribution in [3.63, 3.8) is 0 Å². The Morgan fingerprint density at radius 3 is 2.72 bits per heavy atom. The van der Waals surface area contributed by atoms with Gasteiger partial charge in [-0.15, -0.1) is 0 Å². The van der Waals surface area contributed by atoms with Gasteiger partial charge in [-0.3, -0.25) is 9.69 Å². The second kappa shape index (κ2) is 7.17. The predicted octanol–water partition coefficient (Wildman–Crippen LogP) is 4.03. The Bertz CT molecular complexity index is 1190. The second-order valence-corrected chi connectivity index (χ2v) is 8.36. The van der Waals surface area contributed by atoms with Crippen molar-refractivity contribution in [1.29, 1.82) is 0 Å². The lowest BCUT2D eigenvalue weighted by Crippen LogP contribution is -2.49. The van der Waals surface area contributed by atoms with Gasteiger partial charge in [0, 0.05) is 54.2 Å². The van der Waals surface area contributed by atoms with Crippen molar-refractivity contribution < 1.29 is 9.90 Å². The number of aryl methyl sites for hydroxylation is 1. The highest BCUT2D eigenvalue weighted by atomic mass is 32.1. The first kappa shape index (κ1) is 18.1. The fourth-order valence-corrected chi connectivity index (χ4v) is 5.06. The van der Waals surface area contributed by atoms with Crippen molar-refractivity contribution in [1.82, 2.24) is 14.3 Å². The first-order valence-electron chi connectivity index (χ1n) is 9.75. The number of carbonyl (C=O) groups is 1. The topological polar surface area (TPSA) is 72.5 Å². The van der Waals surface area contributed by atoms with E-state index in [0.717, 1.165) is 40.9 Å². The van der Waals surface area contributed by atoms with Gasteiger partial charge < -0.3 is 15.0 Å². The number of hydrogen-bond donors (Lipinski definition) is 2. The first-order chi connectivity index (χ1) is 14.1. The first-order valence-corrected chi connectivity index (χ1v) is 10.5. The Morgan fingerprint density at radius 1 is 1.14 bits per heavy atom. The molecule has 29 heavy (non-hydrogen) atoms. The highest BCUT2D eigenvalue weighted by molar-refractivity contribution is 7.13. The molecule has 3 heterocycles. The third kappa shape index (κ3) is 3.16. The number of benzene rings is 2. The van der Waals surface area contributed by atoms with E-state index in [4.69, 9.17) is 0 Å². The fourth-order valence-electron chi connectivity index (χ4n) is 4.26. The van der Waals surface area contributed by atoms with Crippen LogP contribution in [0.3, 0.4) is 0 Å². The van der Waals surface area contributed by atoms with Crippen molar-refractivity contribution in [2.24, 2.45) is 0 Å². The molecule has 2 N–H and O–H groups in total. The fraction of sp³-hybridized carbons (Fsp3) is 0.273. The van der Waals surface area contributed by atoms with E-state index in [-0.39, 0.29) is 0 Å². The number of hydrogen-bond acceptors (Lipinski definition) is 5. The van der Waals surface area contributed by atoms with E-state index in [9.17, 15) is 9.90 Å². The lowest BCUT2D eigenvalue weighted by atomic mass is 10.0. The number of carboxylic acids is 1. The summed E-state index contributed by atoms with van der Waals surface area (Å²) in [6.07, 6.45) is 1.85. The molecule has 0 aliphatic carbocycles. The summed E-state index contributed by atoms with van der Waals surface area (Å²) < 4.78 is 5.84. The second-order valence-electron chi connectivity index (χ2n) is 7.56. The van der Waals surface area contributed by atoms with Gasteiger partial charge in [-0.2, -0.15) is 4.37 Å². The molecule has 0 saturated carbocycles. The maximum absolute atomic E-state index is 12.2. The molecule has 7 heteroatoms. The normalized spacial score (nSPS) is 16.5. The Hall–Kier alpha value is -2.90. The molecule has 6 nitrogen and oxygen atoms in total. The van der Waals surface area contributed by atoms with Crippen LogP contribution < -0.4 is 4.90 Å². The maximum Gasteiger partial charge on any atom is 0.325 e. The third-order valence-electron chi connectivity index (χ3n) is 5.74. The molecule has 0 spiro atoms. The lowest BCUT2D eigenvalue weighted by molar-refractivity contribution is -0.143. The molecule has 1 saturated heterocycles. The molecule has 0 radical (unpaired) electrons. The average molecular weight is 407 g/mol. The highest BCUT2D eigenvalue weighted by Gasteiger charge is 2.32. The van der Waals surface area contributed by atoms with Crippen LogP contribution in [-0.2, 0) is 4.79 Å². The minimum Gasteiger partial charge on any atom is -0.480 e.